The van der Waals surface area contributed by atoms with Gasteiger partial charge in [0.1, 0.15) is 5.75 Å². The van der Waals surface area contributed by atoms with Crippen LogP contribution in [-0.4, -0.2) is 18.4 Å². The van der Waals surface area contributed by atoms with Crippen molar-refractivity contribution in [2.24, 2.45) is 0 Å². The van der Waals surface area contributed by atoms with Gasteiger partial charge in [0.2, 0.25) is 0 Å². The molecular formula is C12H16ClNO2. The van der Waals surface area contributed by atoms with Crippen molar-refractivity contribution < 1.29 is 9.53 Å². The molecule has 16 heavy (non-hydrogen) atoms. The zero-order valence-corrected chi connectivity index (χ0v) is 10.1. The fraction of sp³-hybridized carbons (Fsp3) is 0.417. The Morgan fingerprint density at radius 2 is 2.06 bits per heavy atom. The van der Waals surface area contributed by atoms with E-state index in [1.165, 1.54) is 0 Å². The van der Waals surface area contributed by atoms with Crippen LogP contribution in [0, 0.1) is 0 Å². The van der Waals surface area contributed by atoms with E-state index in [1.807, 2.05) is 19.1 Å². The average Bonchev–Trinajstić information content (AvgIpc) is 2.28. The number of esters is 1. The normalized spacial score (nSPS) is 9.88. The molecule has 0 heterocycles. The van der Waals surface area contributed by atoms with E-state index in [0.717, 1.165) is 18.7 Å². The van der Waals surface area contributed by atoms with Crippen LogP contribution >= 0.6 is 11.6 Å². The molecule has 0 radical (unpaired) electrons. The summed E-state index contributed by atoms with van der Waals surface area (Å²) in [6.45, 7) is 2.66. The quantitative estimate of drug-likeness (QED) is 0.473. The number of halogens is 1. The van der Waals surface area contributed by atoms with E-state index in [-0.39, 0.29) is 5.97 Å². The summed E-state index contributed by atoms with van der Waals surface area (Å²) >= 11 is 5.55. The maximum absolute atomic E-state index is 11.2. The van der Waals surface area contributed by atoms with Crippen molar-refractivity contribution in [3.8, 4) is 5.75 Å². The lowest BCUT2D eigenvalue weighted by Gasteiger charge is -2.06. The lowest BCUT2D eigenvalue weighted by molar-refractivity contribution is -0.134. The lowest BCUT2D eigenvalue weighted by atomic mass is 10.3. The van der Waals surface area contributed by atoms with Crippen LogP contribution in [0.3, 0.4) is 0 Å². The smallest absolute Gasteiger partial charge is 0.311 e. The fourth-order valence-electron chi connectivity index (χ4n) is 1.22. The Kier molecular flexibility index (Phi) is 5.72. The van der Waals surface area contributed by atoms with Crippen LogP contribution < -0.4 is 10.1 Å². The number of carbonyl (C=O) groups is 1. The molecule has 0 aliphatic carbocycles. The summed E-state index contributed by atoms with van der Waals surface area (Å²) in [5.41, 5.74) is 0.968. The van der Waals surface area contributed by atoms with Gasteiger partial charge in [0.15, 0.2) is 0 Å². The monoisotopic (exact) mass is 241 g/mol. The van der Waals surface area contributed by atoms with Crippen molar-refractivity contribution in [3.05, 3.63) is 24.3 Å². The van der Waals surface area contributed by atoms with Gasteiger partial charge in [0.05, 0.1) is 0 Å². The van der Waals surface area contributed by atoms with Crippen molar-refractivity contribution in [2.75, 3.05) is 17.7 Å². The predicted octanol–water partition coefficient (Wildman–Crippen LogP) is 3.04. The number of hydrogen-bond acceptors (Lipinski definition) is 3. The van der Waals surface area contributed by atoms with E-state index in [1.54, 1.807) is 12.1 Å². The summed E-state index contributed by atoms with van der Waals surface area (Å²) in [5, 5.41) is 3.13. The Balaban J connectivity index is 2.47. The summed E-state index contributed by atoms with van der Waals surface area (Å²) in [5.74, 6) is 0.951. The molecule has 1 aromatic carbocycles. The van der Waals surface area contributed by atoms with Crippen molar-refractivity contribution in [1.82, 2.24) is 0 Å². The van der Waals surface area contributed by atoms with E-state index >= 15 is 0 Å². The molecule has 88 valence electrons. The van der Waals surface area contributed by atoms with Gasteiger partial charge in [0, 0.05) is 24.5 Å². The minimum absolute atomic E-state index is 0.191. The van der Waals surface area contributed by atoms with Crippen molar-refractivity contribution in [3.63, 3.8) is 0 Å². The first-order valence-corrected chi connectivity index (χ1v) is 5.90. The van der Waals surface area contributed by atoms with Gasteiger partial charge in [-0.25, -0.2) is 0 Å². The Morgan fingerprint density at radius 1 is 1.38 bits per heavy atom. The zero-order valence-electron chi connectivity index (χ0n) is 9.33. The number of nitrogens with one attached hydrogen (secondary N) is 1. The molecule has 0 amide bonds. The van der Waals surface area contributed by atoms with E-state index in [2.05, 4.69) is 5.32 Å². The molecule has 0 unspecified atom stereocenters. The molecule has 4 heteroatoms. The van der Waals surface area contributed by atoms with Gasteiger partial charge in [-0.15, -0.1) is 11.6 Å². The van der Waals surface area contributed by atoms with Crippen LogP contribution in [0.1, 0.15) is 19.8 Å². The third-order valence-corrected chi connectivity index (χ3v) is 2.15. The largest absolute Gasteiger partial charge is 0.427 e. The Labute approximate surface area is 101 Å². The minimum Gasteiger partial charge on any atom is -0.427 e. The second-order valence-electron chi connectivity index (χ2n) is 3.36. The van der Waals surface area contributed by atoms with E-state index < -0.39 is 0 Å². The van der Waals surface area contributed by atoms with Crippen LogP contribution in [0.15, 0.2) is 24.3 Å². The predicted molar refractivity (Wildman–Crippen MR) is 66.2 cm³/mol. The number of alkyl halides is 1. The molecule has 0 bridgehead atoms. The highest BCUT2D eigenvalue weighted by molar-refractivity contribution is 6.18. The number of rotatable bonds is 6. The fourth-order valence-corrected chi connectivity index (χ4v) is 1.31. The number of benzene rings is 1. The standard InChI is InChI=1S/C12H16ClNO2/c1-2-3-12(15)16-11-6-4-10(5-7-11)14-9-8-13/h4-7,14H,2-3,8-9H2,1H3. The van der Waals surface area contributed by atoms with Gasteiger partial charge in [0.25, 0.3) is 0 Å². The zero-order chi connectivity index (χ0) is 11.8. The minimum atomic E-state index is -0.191. The molecule has 0 aliphatic rings. The van der Waals surface area contributed by atoms with Crippen LogP contribution in [0.5, 0.6) is 5.75 Å². The van der Waals surface area contributed by atoms with Crippen molar-refractivity contribution in [1.29, 1.82) is 0 Å². The molecule has 0 fully saturated rings. The Bertz CT molecular complexity index is 324. The maximum atomic E-state index is 11.2. The Hall–Kier alpha value is -1.22. The molecule has 0 atom stereocenters. The third-order valence-electron chi connectivity index (χ3n) is 1.96. The number of anilines is 1. The number of carbonyl (C=O) groups excluding carboxylic acids is 1. The van der Waals surface area contributed by atoms with Crippen LogP contribution in [0.4, 0.5) is 5.69 Å². The van der Waals surface area contributed by atoms with Gasteiger partial charge >= 0.3 is 5.97 Å². The number of hydrogen-bond donors (Lipinski definition) is 1. The van der Waals surface area contributed by atoms with Crippen molar-refractivity contribution in [2.45, 2.75) is 19.8 Å². The van der Waals surface area contributed by atoms with Crippen LogP contribution in [0.2, 0.25) is 0 Å². The SMILES string of the molecule is CCCC(=O)Oc1ccc(NCCCl)cc1. The molecule has 1 aromatic rings. The number of ether oxygens (including phenoxy) is 1. The van der Waals surface area contributed by atoms with Crippen LogP contribution in [-0.2, 0) is 4.79 Å². The summed E-state index contributed by atoms with van der Waals surface area (Å²) < 4.78 is 5.12. The molecule has 1 N–H and O–H groups in total. The summed E-state index contributed by atoms with van der Waals surface area (Å²) in [6, 6.07) is 7.26. The first-order chi connectivity index (χ1) is 7.76. The molecule has 0 aliphatic heterocycles. The van der Waals surface area contributed by atoms with E-state index in [0.29, 0.717) is 18.1 Å². The molecular weight excluding hydrogens is 226 g/mol. The highest BCUT2D eigenvalue weighted by Gasteiger charge is 2.02. The second-order valence-corrected chi connectivity index (χ2v) is 3.74. The van der Waals surface area contributed by atoms with E-state index in [9.17, 15) is 4.79 Å². The van der Waals surface area contributed by atoms with Crippen LogP contribution in [0.25, 0.3) is 0 Å². The highest BCUT2D eigenvalue weighted by Crippen LogP contribution is 2.16. The van der Waals surface area contributed by atoms with Gasteiger partial charge < -0.3 is 10.1 Å². The van der Waals surface area contributed by atoms with E-state index in [4.69, 9.17) is 16.3 Å². The first kappa shape index (κ1) is 12.8. The summed E-state index contributed by atoms with van der Waals surface area (Å²) in [6.07, 6.45) is 1.25. The first-order valence-electron chi connectivity index (χ1n) is 5.37. The maximum Gasteiger partial charge on any atom is 0.311 e. The van der Waals surface area contributed by atoms with Gasteiger partial charge in [-0.2, -0.15) is 0 Å². The molecule has 0 saturated heterocycles. The lowest BCUT2D eigenvalue weighted by Crippen LogP contribution is -2.07. The highest BCUT2D eigenvalue weighted by atomic mass is 35.5. The molecule has 0 aromatic heterocycles. The Morgan fingerprint density at radius 3 is 2.62 bits per heavy atom. The van der Waals surface area contributed by atoms with Gasteiger partial charge in [-0.1, -0.05) is 6.92 Å². The summed E-state index contributed by atoms with van der Waals surface area (Å²) in [7, 11) is 0. The molecule has 1 rings (SSSR count). The van der Waals surface area contributed by atoms with Gasteiger partial charge in [-0.05, 0) is 30.7 Å². The average molecular weight is 242 g/mol. The summed E-state index contributed by atoms with van der Waals surface area (Å²) in [4.78, 5) is 11.2. The van der Waals surface area contributed by atoms with Crippen molar-refractivity contribution >= 4 is 23.3 Å². The molecule has 3 nitrogen and oxygen atoms in total. The molecule has 0 spiro atoms. The third kappa shape index (κ3) is 4.53. The molecule has 0 saturated carbocycles. The van der Waals surface area contributed by atoms with Gasteiger partial charge in [-0.3, -0.25) is 4.79 Å². The topological polar surface area (TPSA) is 38.3 Å². The second kappa shape index (κ2) is 7.12.